The summed E-state index contributed by atoms with van der Waals surface area (Å²) < 4.78 is 27.8. The molecule has 12 heteroatoms. The van der Waals surface area contributed by atoms with Crippen molar-refractivity contribution in [1.29, 1.82) is 0 Å². The fraction of sp³-hybridized carbons (Fsp3) is 0.235. The van der Waals surface area contributed by atoms with Crippen LogP contribution >= 0.6 is 0 Å². The highest BCUT2D eigenvalue weighted by molar-refractivity contribution is 5.95. The first-order valence-corrected chi connectivity index (χ1v) is 14.3. The van der Waals surface area contributed by atoms with E-state index in [4.69, 9.17) is 23.7 Å². The minimum Gasteiger partial charge on any atom is -0.493 e. The van der Waals surface area contributed by atoms with Gasteiger partial charge in [0.2, 0.25) is 0 Å². The average Bonchev–Trinajstić information content (AvgIpc) is 3.01. The number of anilines is 2. The van der Waals surface area contributed by atoms with E-state index in [-0.39, 0.29) is 11.5 Å². The van der Waals surface area contributed by atoms with Crippen LogP contribution in [0.3, 0.4) is 0 Å². The van der Waals surface area contributed by atoms with Crippen LogP contribution in [0, 0.1) is 6.92 Å². The molecule has 1 heterocycles. The molecule has 1 aliphatic heterocycles. The summed E-state index contributed by atoms with van der Waals surface area (Å²) in [7, 11) is 0. The number of carboxylic acids is 1. The van der Waals surface area contributed by atoms with Gasteiger partial charge in [-0.05, 0) is 65.9 Å². The molecule has 0 radical (unpaired) electrons. The quantitative estimate of drug-likeness (QED) is 0.117. The maximum absolute atomic E-state index is 12.9. The Morgan fingerprint density at radius 1 is 0.957 bits per heavy atom. The van der Waals surface area contributed by atoms with Gasteiger partial charge >= 0.3 is 29.9 Å². The lowest BCUT2D eigenvalue weighted by molar-refractivity contribution is -0.162. The molecule has 0 atom stereocenters. The van der Waals surface area contributed by atoms with Crippen molar-refractivity contribution in [3.63, 3.8) is 0 Å². The zero-order valence-corrected chi connectivity index (χ0v) is 25.6. The van der Waals surface area contributed by atoms with Gasteiger partial charge in [0.05, 0.1) is 6.61 Å². The molecule has 2 bridgehead atoms. The molecule has 3 aromatic rings. The SMILES string of the molecule is C=CC(=O)Oc1cc(CCOc2ccc(C(C)C)cc2)ccc1OCC1(C(=C)C(=O)O)OC(=O)Nc2cccc(c2C)NC(=O)O1. The third-order valence-electron chi connectivity index (χ3n) is 7.05. The molecule has 0 saturated carbocycles. The van der Waals surface area contributed by atoms with Gasteiger partial charge in [-0.3, -0.25) is 10.6 Å². The van der Waals surface area contributed by atoms with Crippen LogP contribution in [0.4, 0.5) is 21.0 Å². The lowest BCUT2D eigenvalue weighted by atomic mass is 10.0. The Morgan fingerprint density at radius 2 is 1.59 bits per heavy atom. The summed E-state index contributed by atoms with van der Waals surface area (Å²) in [5.74, 6) is -4.10. The number of carboxylic acid groups (broad SMARTS) is 1. The van der Waals surface area contributed by atoms with Crippen molar-refractivity contribution in [3.8, 4) is 17.2 Å². The van der Waals surface area contributed by atoms with E-state index < -0.39 is 42.1 Å². The van der Waals surface area contributed by atoms with Crippen molar-refractivity contribution in [2.45, 2.75) is 38.9 Å². The molecule has 0 aliphatic carbocycles. The Balaban J connectivity index is 1.57. The standard InChI is InChI=1S/C34H34N2O10/c1-6-30(37)44-29-18-23(16-17-42-25-13-11-24(12-14-25)20(2)3)10-15-28(29)43-19-34(22(5)31(38)39)45-32(40)35-26-8-7-9-27(21(26)4)36-33(41)46-34/h6-15,18,20H,1,5,16-17,19H2,2-4H3,(H,35,40)(H,36,41)(H,38,39). The Hall–Kier alpha value is -5.78. The fourth-order valence-corrected chi connectivity index (χ4v) is 4.40. The van der Waals surface area contributed by atoms with Gasteiger partial charge in [-0.2, -0.15) is 0 Å². The largest absolute Gasteiger partial charge is 0.493 e. The van der Waals surface area contributed by atoms with E-state index in [0.29, 0.717) is 47.2 Å². The molecule has 12 nitrogen and oxygen atoms in total. The zero-order valence-electron chi connectivity index (χ0n) is 25.6. The number of benzene rings is 3. The van der Waals surface area contributed by atoms with E-state index in [2.05, 4.69) is 37.6 Å². The number of amides is 2. The number of carbonyl (C=O) groups excluding carboxylic acids is 3. The lowest BCUT2D eigenvalue weighted by Crippen LogP contribution is -2.50. The monoisotopic (exact) mass is 630 g/mol. The molecule has 4 rings (SSSR count). The number of nitrogens with one attached hydrogen (secondary N) is 2. The summed E-state index contributed by atoms with van der Waals surface area (Å²) >= 11 is 0. The number of esters is 1. The molecule has 0 saturated heterocycles. The maximum atomic E-state index is 12.9. The number of ether oxygens (including phenoxy) is 5. The second-order valence-corrected chi connectivity index (χ2v) is 10.6. The minimum absolute atomic E-state index is 0.0563. The lowest BCUT2D eigenvalue weighted by Gasteiger charge is -2.33. The highest BCUT2D eigenvalue weighted by Crippen LogP contribution is 2.34. The summed E-state index contributed by atoms with van der Waals surface area (Å²) in [5.41, 5.74) is 2.18. The van der Waals surface area contributed by atoms with Gasteiger partial charge in [-0.1, -0.05) is 51.3 Å². The molecule has 0 aromatic heterocycles. The number of hydrogen-bond donors (Lipinski definition) is 3. The predicted molar refractivity (Wildman–Crippen MR) is 168 cm³/mol. The molecular weight excluding hydrogens is 596 g/mol. The number of cyclic esters (lactones) is 2. The molecule has 240 valence electrons. The number of hydrogen-bond acceptors (Lipinski definition) is 9. The van der Waals surface area contributed by atoms with Crippen LogP contribution in [0.5, 0.6) is 17.2 Å². The molecule has 1 aliphatic rings. The summed E-state index contributed by atoms with van der Waals surface area (Å²) in [6, 6.07) is 17.2. The van der Waals surface area contributed by atoms with Crippen molar-refractivity contribution in [2.75, 3.05) is 23.8 Å². The molecule has 46 heavy (non-hydrogen) atoms. The van der Waals surface area contributed by atoms with Gasteiger partial charge < -0.3 is 28.8 Å². The third kappa shape index (κ3) is 8.03. The first kappa shape index (κ1) is 33.1. The van der Waals surface area contributed by atoms with Gasteiger partial charge in [-0.15, -0.1) is 0 Å². The summed E-state index contributed by atoms with van der Waals surface area (Å²) in [5, 5.41) is 14.8. The molecule has 3 N–H and O–H groups in total. The van der Waals surface area contributed by atoms with Gasteiger partial charge in [-0.25, -0.2) is 19.2 Å². The van der Waals surface area contributed by atoms with Crippen molar-refractivity contribution in [2.24, 2.45) is 0 Å². The van der Waals surface area contributed by atoms with E-state index in [0.717, 1.165) is 6.08 Å². The molecule has 0 fully saturated rings. The second-order valence-electron chi connectivity index (χ2n) is 10.6. The summed E-state index contributed by atoms with van der Waals surface area (Å²) in [6.07, 6.45) is -0.911. The van der Waals surface area contributed by atoms with E-state index in [1.807, 2.05) is 24.3 Å². The smallest absolute Gasteiger partial charge is 0.415 e. The molecular formula is C34H34N2O10. The van der Waals surface area contributed by atoms with Crippen molar-refractivity contribution >= 4 is 35.5 Å². The van der Waals surface area contributed by atoms with Gasteiger partial charge in [0.15, 0.2) is 18.1 Å². The van der Waals surface area contributed by atoms with Gasteiger partial charge in [0.1, 0.15) is 11.3 Å². The Bertz CT molecular complexity index is 1620. The highest BCUT2D eigenvalue weighted by Gasteiger charge is 2.47. The summed E-state index contributed by atoms with van der Waals surface area (Å²) in [4.78, 5) is 50.1. The van der Waals surface area contributed by atoms with Crippen LogP contribution in [0.15, 0.2) is 85.5 Å². The zero-order chi connectivity index (χ0) is 33.4. The van der Waals surface area contributed by atoms with E-state index in [1.165, 1.54) is 17.7 Å². The van der Waals surface area contributed by atoms with Crippen molar-refractivity contribution < 1.29 is 48.0 Å². The van der Waals surface area contributed by atoms with Crippen LogP contribution in [0.2, 0.25) is 0 Å². The van der Waals surface area contributed by atoms with Crippen LogP contribution in [0.25, 0.3) is 0 Å². The van der Waals surface area contributed by atoms with Crippen molar-refractivity contribution in [3.05, 3.63) is 102 Å². The number of carbonyl (C=O) groups is 4. The summed E-state index contributed by atoms with van der Waals surface area (Å²) in [6.45, 7) is 12.2. The normalized spacial score (nSPS) is 13.7. The minimum atomic E-state index is -2.65. The number of aliphatic carboxylic acids is 1. The van der Waals surface area contributed by atoms with Crippen LogP contribution in [-0.2, 0) is 25.5 Å². The molecule has 3 aromatic carbocycles. The van der Waals surface area contributed by atoms with E-state index in [9.17, 15) is 24.3 Å². The van der Waals surface area contributed by atoms with Gasteiger partial charge in [0, 0.05) is 23.9 Å². The second kappa shape index (κ2) is 14.3. The molecule has 2 amide bonds. The van der Waals surface area contributed by atoms with E-state index in [1.54, 1.807) is 31.2 Å². The first-order chi connectivity index (χ1) is 21.9. The molecule has 0 spiro atoms. The number of rotatable bonds is 12. The third-order valence-corrected chi connectivity index (χ3v) is 7.05. The first-order valence-electron chi connectivity index (χ1n) is 14.3. The maximum Gasteiger partial charge on any atom is 0.415 e. The van der Waals surface area contributed by atoms with Crippen LogP contribution in [0.1, 0.15) is 36.5 Å². The average molecular weight is 631 g/mol. The Kier molecular flexibility index (Phi) is 10.3. The van der Waals surface area contributed by atoms with Crippen LogP contribution < -0.4 is 24.8 Å². The topological polar surface area (TPSA) is 159 Å². The Labute approximate surface area is 265 Å². The fourth-order valence-electron chi connectivity index (χ4n) is 4.40. The predicted octanol–water partition coefficient (Wildman–Crippen LogP) is 6.36. The van der Waals surface area contributed by atoms with Crippen molar-refractivity contribution in [1.82, 2.24) is 0 Å². The molecule has 0 unspecified atom stereocenters. The van der Waals surface area contributed by atoms with Crippen LogP contribution in [-0.4, -0.2) is 48.2 Å². The number of fused-ring (bicyclic) bond motifs is 2. The van der Waals surface area contributed by atoms with E-state index >= 15 is 0 Å². The van der Waals surface area contributed by atoms with Gasteiger partial charge in [0.25, 0.3) is 0 Å². The highest BCUT2D eigenvalue weighted by atomic mass is 16.8. The Morgan fingerprint density at radius 3 is 2.15 bits per heavy atom.